The van der Waals surface area contributed by atoms with Crippen LogP contribution in [-0.2, 0) is 25.7 Å². The SMILES string of the molecule is CC(=O)C(C(=O)O)C(N)C(=O)COCc1ccccc1Cl. The number of ketones is 2. The van der Waals surface area contributed by atoms with Crippen molar-refractivity contribution >= 4 is 29.1 Å². The minimum absolute atomic E-state index is 0.0932. The van der Waals surface area contributed by atoms with Gasteiger partial charge in [-0.2, -0.15) is 0 Å². The van der Waals surface area contributed by atoms with Crippen LogP contribution in [0.15, 0.2) is 24.3 Å². The van der Waals surface area contributed by atoms with Gasteiger partial charge < -0.3 is 15.6 Å². The van der Waals surface area contributed by atoms with E-state index in [0.29, 0.717) is 10.6 Å². The molecule has 1 rings (SSSR count). The molecule has 0 aliphatic rings. The van der Waals surface area contributed by atoms with Crippen LogP contribution >= 0.6 is 11.6 Å². The van der Waals surface area contributed by atoms with Gasteiger partial charge in [-0.3, -0.25) is 14.4 Å². The number of benzene rings is 1. The van der Waals surface area contributed by atoms with Crippen LogP contribution in [0.5, 0.6) is 0 Å². The molecule has 0 aromatic heterocycles. The molecule has 0 radical (unpaired) electrons. The lowest BCUT2D eigenvalue weighted by Gasteiger charge is -2.16. The standard InChI is InChI=1S/C14H16ClNO5/c1-8(17)12(14(19)20)13(16)11(18)7-21-6-9-4-2-3-5-10(9)15/h2-5,12-13H,6-7,16H2,1H3,(H,19,20). The maximum absolute atomic E-state index is 11.8. The molecule has 0 bridgehead atoms. The summed E-state index contributed by atoms with van der Waals surface area (Å²) in [5, 5.41) is 9.39. The molecule has 0 amide bonds. The predicted octanol–water partition coefficient (Wildman–Crippen LogP) is 1.04. The molecule has 114 valence electrons. The molecule has 6 nitrogen and oxygen atoms in total. The number of ether oxygens (including phenoxy) is 1. The number of carbonyl (C=O) groups excluding carboxylic acids is 2. The molecule has 0 heterocycles. The fourth-order valence-electron chi connectivity index (χ4n) is 1.74. The minimum Gasteiger partial charge on any atom is -0.481 e. The van der Waals surface area contributed by atoms with Crippen molar-refractivity contribution in [2.45, 2.75) is 19.6 Å². The van der Waals surface area contributed by atoms with Gasteiger partial charge in [0, 0.05) is 5.02 Å². The topological polar surface area (TPSA) is 107 Å². The highest BCUT2D eigenvalue weighted by molar-refractivity contribution is 6.31. The molecule has 1 aromatic carbocycles. The lowest BCUT2D eigenvalue weighted by molar-refractivity contribution is -0.149. The molecule has 0 spiro atoms. The number of halogens is 1. The third-order valence-electron chi connectivity index (χ3n) is 2.89. The van der Waals surface area contributed by atoms with Crippen LogP contribution in [0.25, 0.3) is 0 Å². The summed E-state index contributed by atoms with van der Waals surface area (Å²) in [6, 6.07) is 5.53. The molecule has 0 saturated heterocycles. The quantitative estimate of drug-likeness (QED) is 0.695. The normalized spacial score (nSPS) is 13.5. The zero-order valence-electron chi connectivity index (χ0n) is 11.4. The molecule has 0 fully saturated rings. The van der Waals surface area contributed by atoms with Crippen molar-refractivity contribution in [2.24, 2.45) is 11.7 Å². The van der Waals surface area contributed by atoms with Crippen LogP contribution in [0.2, 0.25) is 5.02 Å². The van der Waals surface area contributed by atoms with E-state index >= 15 is 0 Å². The van der Waals surface area contributed by atoms with Crippen LogP contribution in [0.1, 0.15) is 12.5 Å². The summed E-state index contributed by atoms with van der Waals surface area (Å²) < 4.78 is 5.17. The highest BCUT2D eigenvalue weighted by Crippen LogP contribution is 2.15. The van der Waals surface area contributed by atoms with Crippen molar-refractivity contribution in [3.05, 3.63) is 34.9 Å². The summed E-state index contributed by atoms with van der Waals surface area (Å²) in [6.07, 6.45) is 0. The van der Waals surface area contributed by atoms with Gasteiger partial charge in [0.25, 0.3) is 0 Å². The molecule has 0 saturated carbocycles. The number of carboxylic acid groups (broad SMARTS) is 1. The number of carboxylic acids is 1. The van der Waals surface area contributed by atoms with E-state index in [9.17, 15) is 14.4 Å². The van der Waals surface area contributed by atoms with Crippen molar-refractivity contribution < 1.29 is 24.2 Å². The Morgan fingerprint density at radius 1 is 1.33 bits per heavy atom. The van der Waals surface area contributed by atoms with Crippen molar-refractivity contribution in [2.75, 3.05) is 6.61 Å². The maximum Gasteiger partial charge on any atom is 0.316 e. The summed E-state index contributed by atoms with van der Waals surface area (Å²) in [5.74, 6) is -4.30. The first-order chi connectivity index (χ1) is 9.84. The van der Waals surface area contributed by atoms with Crippen LogP contribution in [-0.4, -0.2) is 35.3 Å². The number of aliphatic carboxylic acids is 1. The van der Waals surface area contributed by atoms with Gasteiger partial charge in [0.05, 0.1) is 12.6 Å². The third-order valence-corrected chi connectivity index (χ3v) is 3.26. The van der Waals surface area contributed by atoms with E-state index in [2.05, 4.69) is 0 Å². The first kappa shape index (κ1) is 17.3. The summed E-state index contributed by atoms with van der Waals surface area (Å²) in [6.45, 7) is 0.788. The van der Waals surface area contributed by atoms with Crippen LogP contribution in [0.3, 0.4) is 0 Å². The minimum atomic E-state index is -1.55. The van der Waals surface area contributed by atoms with Gasteiger partial charge in [-0.1, -0.05) is 29.8 Å². The average molecular weight is 314 g/mol. The molecule has 2 atom stereocenters. The highest BCUT2D eigenvalue weighted by atomic mass is 35.5. The Balaban J connectivity index is 2.55. The molecular formula is C14H16ClNO5. The van der Waals surface area contributed by atoms with Gasteiger partial charge in [0.15, 0.2) is 5.78 Å². The Morgan fingerprint density at radius 2 is 1.95 bits per heavy atom. The van der Waals surface area contributed by atoms with Crippen molar-refractivity contribution in [3.63, 3.8) is 0 Å². The monoisotopic (exact) mass is 313 g/mol. The summed E-state index contributed by atoms with van der Waals surface area (Å²) in [7, 11) is 0. The zero-order chi connectivity index (χ0) is 16.0. The molecule has 7 heteroatoms. The molecule has 2 unspecified atom stereocenters. The van der Waals surface area contributed by atoms with E-state index in [1.54, 1.807) is 24.3 Å². The molecule has 0 aliphatic carbocycles. The molecule has 21 heavy (non-hydrogen) atoms. The Morgan fingerprint density at radius 3 is 2.48 bits per heavy atom. The van der Waals surface area contributed by atoms with Gasteiger partial charge >= 0.3 is 5.97 Å². The molecular weight excluding hydrogens is 298 g/mol. The van der Waals surface area contributed by atoms with E-state index in [1.165, 1.54) is 0 Å². The maximum atomic E-state index is 11.8. The van der Waals surface area contributed by atoms with Crippen molar-refractivity contribution in [1.29, 1.82) is 0 Å². The second-order valence-electron chi connectivity index (χ2n) is 4.50. The van der Waals surface area contributed by atoms with Crippen molar-refractivity contribution in [3.8, 4) is 0 Å². The number of hydrogen-bond acceptors (Lipinski definition) is 5. The summed E-state index contributed by atoms with van der Waals surface area (Å²) >= 11 is 5.92. The first-order valence-electron chi connectivity index (χ1n) is 6.17. The largest absolute Gasteiger partial charge is 0.481 e. The fraction of sp³-hybridized carbons (Fsp3) is 0.357. The zero-order valence-corrected chi connectivity index (χ0v) is 12.2. The number of carbonyl (C=O) groups is 3. The van der Waals surface area contributed by atoms with Crippen LogP contribution in [0.4, 0.5) is 0 Å². The summed E-state index contributed by atoms with van der Waals surface area (Å²) in [5.41, 5.74) is 6.21. The lowest BCUT2D eigenvalue weighted by Crippen LogP contribution is -2.46. The Bertz CT molecular complexity index is 532. The van der Waals surface area contributed by atoms with Gasteiger partial charge in [0.1, 0.15) is 18.3 Å². The number of nitrogens with two attached hydrogens (primary N) is 1. The van der Waals surface area contributed by atoms with E-state index in [1.807, 2.05) is 0 Å². The first-order valence-corrected chi connectivity index (χ1v) is 6.55. The number of Topliss-reactive ketones (excluding diaryl/α,β-unsaturated/α-hetero) is 2. The van der Waals surface area contributed by atoms with E-state index in [0.717, 1.165) is 6.92 Å². The Kier molecular flexibility index (Phi) is 6.48. The van der Waals surface area contributed by atoms with E-state index < -0.39 is 29.5 Å². The lowest BCUT2D eigenvalue weighted by atomic mass is 9.93. The Labute approximate surface area is 126 Å². The van der Waals surface area contributed by atoms with Gasteiger partial charge in [-0.15, -0.1) is 0 Å². The van der Waals surface area contributed by atoms with Crippen LogP contribution in [0, 0.1) is 5.92 Å². The molecule has 1 aromatic rings. The van der Waals surface area contributed by atoms with Gasteiger partial charge in [-0.05, 0) is 18.6 Å². The van der Waals surface area contributed by atoms with Crippen molar-refractivity contribution in [1.82, 2.24) is 0 Å². The van der Waals surface area contributed by atoms with E-state index in [4.69, 9.17) is 27.2 Å². The highest BCUT2D eigenvalue weighted by Gasteiger charge is 2.34. The Hall–Kier alpha value is -1.76. The number of hydrogen-bond donors (Lipinski definition) is 2. The predicted molar refractivity (Wildman–Crippen MR) is 75.9 cm³/mol. The third kappa shape index (κ3) is 4.93. The smallest absolute Gasteiger partial charge is 0.316 e. The van der Waals surface area contributed by atoms with Gasteiger partial charge in [-0.25, -0.2) is 0 Å². The van der Waals surface area contributed by atoms with Gasteiger partial charge in [0.2, 0.25) is 0 Å². The number of rotatable bonds is 8. The molecule has 3 N–H and O–H groups in total. The summed E-state index contributed by atoms with van der Waals surface area (Å²) in [4.78, 5) is 33.9. The van der Waals surface area contributed by atoms with E-state index in [-0.39, 0.29) is 13.2 Å². The second kappa shape index (κ2) is 7.87. The fourth-order valence-corrected chi connectivity index (χ4v) is 1.93. The second-order valence-corrected chi connectivity index (χ2v) is 4.91. The molecule has 0 aliphatic heterocycles. The average Bonchev–Trinajstić information content (AvgIpc) is 2.39. The van der Waals surface area contributed by atoms with Crippen LogP contribution < -0.4 is 5.73 Å².